The van der Waals surface area contributed by atoms with Gasteiger partial charge in [-0.2, -0.15) is 0 Å². The van der Waals surface area contributed by atoms with E-state index in [0.29, 0.717) is 27.9 Å². The first-order valence-electron chi connectivity index (χ1n) is 11.0. The Bertz CT molecular complexity index is 1240. The molecule has 1 aromatic heterocycles. The number of carbonyl (C=O) groups excluding carboxylic acids is 3. The third-order valence-corrected chi connectivity index (χ3v) is 6.21. The Hall–Kier alpha value is -3.92. The van der Waals surface area contributed by atoms with E-state index in [9.17, 15) is 14.4 Å². The number of aryl methyl sites for hydroxylation is 2. The van der Waals surface area contributed by atoms with Crippen molar-refractivity contribution in [3.8, 4) is 5.75 Å². The maximum absolute atomic E-state index is 12.6. The Morgan fingerprint density at radius 2 is 1.71 bits per heavy atom. The monoisotopic (exact) mass is 491 g/mol. The van der Waals surface area contributed by atoms with Gasteiger partial charge in [-0.1, -0.05) is 36.0 Å². The van der Waals surface area contributed by atoms with Gasteiger partial charge in [0.2, 0.25) is 5.91 Å². The van der Waals surface area contributed by atoms with Crippen molar-refractivity contribution < 1.29 is 19.1 Å². The highest BCUT2D eigenvalue weighted by Gasteiger charge is 2.32. The Balaban J connectivity index is 1.31. The van der Waals surface area contributed by atoms with Gasteiger partial charge in [0.05, 0.1) is 12.2 Å². The summed E-state index contributed by atoms with van der Waals surface area (Å²) >= 11 is 1.52. The first-order valence-corrected chi connectivity index (χ1v) is 12.0. The maximum Gasteiger partial charge on any atom is 0.281 e. The molecule has 1 aliphatic rings. The topological polar surface area (TPSA) is 114 Å². The fourth-order valence-electron chi connectivity index (χ4n) is 3.60. The number of ether oxygens (including phenoxy) is 1. The summed E-state index contributed by atoms with van der Waals surface area (Å²) < 4.78 is 5.74. The minimum atomic E-state index is -0.957. The lowest BCUT2D eigenvalue weighted by Gasteiger charge is -2.33. The van der Waals surface area contributed by atoms with Gasteiger partial charge < -0.3 is 9.64 Å². The Labute approximate surface area is 207 Å². The number of thioether (sulfide) groups is 1. The summed E-state index contributed by atoms with van der Waals surface area (Å²) in [7, 11) is 0. The zero-order valence-electron chi connectivity index (χ0n) is 19.6. The van der Waals surface area contributed by atoms with Gasteiger partial charge in [0.1, 0.15) is 5.75 Å². The van der Waals surface area contributed by atoms with Crippen molar-refractivity contribution >= 4 is 35.2 Å². The number of carbonyl (C=O) groups is 3. The van der Waals surface area contributed by atoms with E-state index < -0.39 is 17.9 Å². The number of hydrazine groups is 1. The number of rotatable bonds is 5. The summed E-state index contributed by atoms with van der Waals surface area (Å²) in [6.07, 6.45) is -0.957. The molecule has 0 fully saturated rings. The first-order chi connectivity index (χ1) is 16.8. The van der Waals surface area contributed by atoms with Crippen LogP contribution in [0.1, 0.15) is 34.2 Å². The highest BCUT2D eigenvalue weighted by atomic mass is 32.2. The Morgan fingerprint density at radius 1 is 1.03 bits per heavy atom. The predicted octanol–water partition coefficient (Wildman–Crippen LogP) is 2.96. The van der Waals surface area contributed by atoms with E-state index in [0.717, 1.165) is 17.0 Å². The third-order valence-electron chi connectivity index (χ3n) is 5.29. The molecule has 3 amide bonds. The van der Waals surface area contributed by atoms with Gasteiger partial charge in [0, 0.05) is 29.6 Å². The van der Waals surface area contributed by atoms with Crippen LogP contribution in [-0.4, -0.2) is 40.3 Å². The van der Waals surface area contributed by atoms with Crippen LogP contribution in [0.2, 0.25) is 0 Å². The number of anilines is 1. The number of fused-ring (bicyclic) bond motifs is 1. The van der Waals surface area contributed by atoms with Crippen LogP contribution in [0.4, 0.5) is 5.69 Å². The van der Waals surface area contributed by atoms with Crippen molar-refractivity contribution in [1.29, 1.82) is 0 Å². The summed E-state index contributed by atoms with van der Waals surface area (Å²) in [5, 5.41) is 0.711. The van der Waals surface area contributed by atoms with Gasteiger partial charge in [-0.05, 0) is 49.7 Å². The number of amides is 3. The molecule has 0 bridgehead atoms. The molecule has 1 atom stereocenters. The van der Waals surface area contributed by atoms with E-state index in [-0.39, 0.29) is 12.5 Å². The van der Waals surface area contributed by atoms with Crippen molar-refractivity contribution in [2.75, 3.05) is 11.4 Å². The van der Waals surface area contributed by atoms with E-state index in [1.165, 1.54) is 23.6 Å². The van der Waals surface area contributed by atoms with Crippen LogP contribution in [0.5, 0.6) is 5.75 Å². The molecule has 9 nitrogen and oxygen atoms in total. The van der Waals surface area contributed by atoms with Gasteiger partial charge >= 0.3 is 0 Å². The molecular weight excluding hydrogens is 466 g/mol. The molecule has 2 heterocycles. The largest absolute Gasteiger partial charge is 0.476 e. The van der Waals surface area contributed by atoms with Crippen molar-refractivity contribution in [2.45, 2.75) is 37.8 Å². The molecule has 0 spiro atoms. The van der Waals surface area contributed by atoms with Crippen molar-refractivity contribution in [3.05, 3.63) is 77.1 Å². The predicted molar refractivity (Wildman–Crippen MR) is 132 cm³/mol. The van der Waals surface area contributed by atoms with Crippen LogP contribution in [0.3, 0.4) is 0 Å². The molecule has 0 saturated carbocycles. The van der Waals surface area contributed by atoms with Gasteiger partial charge in [-0.25, -0.2) is 9.97 Å². The zero-order chi connectivity index (χ0) is 24.9. The van der Waals surface area contributed by atoms with E-state index in [1.54, 1.807) is 36.4 Å². The van der Waals surface area contributed by atoms with Crippen molar-refractivity contribution in [3.63, 3.8) is 0 Å². The smallest absolute Gasteiger partial charge is 0.281 e. The lowest BCUT2D eigenvalue weighted by Crippen LogP contribution is -2.54. The molecule has 10 heteroatoms. The fraction of sp³-hybridized carbons (Fsp3) is 0.240. The minimum absolute atomic E-state index is 0.0462. The standard InChI is InChI=1S/C25H25N5O4S/c1-15-12-16(2)27-25(26-15)35-14-18-8-10-19(11-9-18)23(32)28-29-24(33)22-13-30(17(3)31)20-6-4-5-7-21(20)34-22/h4-12,22H,13-14H2,1-3H3,(H,28,32)(H,29,33). The first kappa shape index (κ1) is 24.2. The molecule has 2 aromatic carbocycles. The lowest BCUT2D eigenvalue weighted by molar-refractivity contribution is -0.129. The van der Waals surface area contributed by atoms with Gasteiger partial charge in [0.25, 0.3) is 11.8 Å². The Kier molecular flexibility index (Phi) is 7.31. The average molecular weight is 492 g/mol. The summed E-state index contributed by atoms with van der Waals surface area (Å²) in [6.45, 7) is 5.34. The van der Waals surface area contributed by atoms with E-state index >= 15 is 0 Å². The quantitative estimate of drug-likeness (QED) is 0.320. The normalized spacial score (nSPS) is 14.5. The zero-order valence-corrected chi connectivity index (χ0v) is 20.4. The SMILES string of the molecule is CC(=O)N1CC(C(=O)NNC(=O)c2ccc(CSc3nc(C)cc(C)n3)cc2)Oc2ccccc21. The van der Waals surface area contributed by atoms with E-state index in [1.807, 2.05) is 32.0 Å². The number of nitrogens with zero attached hydrogens (tertiary/aromatic N) is 3. The summed E-state index contributed by atoms with van der Waals surface area (Å²) in [6, 6.07) is 16.0. The second kappa shape index (κ2) is 10.6. The van der Waals surface area contributed by atoms with Crippen LogP contribution >= 0.6 is 11.8 Å². The molecule has 2 N–H and O–H groups in total. The third kappa shape index (κ3) is 5.96. The minimum Gasteiger partial charge on any atom is -0.476 e. The maximum atomic E-state index is 12.6. The van der Waals surface area contributed by atoms with Crippen LogP contribution < -0.4 is 20.5 Å². The van der Waals surface area contributed by atoms with Crippen LogP contribution in [0.15, 0.2) is 59.8 Å². The highest BCUT2D eigenvalue weighted by molar-refractivity contribution is 7.98. The van der Waals surface area contributed by atoms with E-state index in [2.05, 4.69) is 20.8 Å². The molecule has 35 heavy (non-hydrogen) atoms. The molecular formula is C25H25N5O4S. The van der Waals surface area contributed by atoms with Gasteiger partial charge in [0.15, 0.2) is 11.3 Å². The molecule has 0 aliphatic carbocycles. The molecule has 1 unspecified atom stereocenters. The van der Waals surface area contributed by atoms with Crippen LogP contribution in [0.25, 0.3) is 0 Å². The van der Waals surface area contributed by atoms with E-state index in [4.69, 9.17) is 4.74 Å². The Morgan fingerprint density at radius 3 is 2.40 bits per heavy atom. The molecule has 0 radical (unpaired) electrons. The number of hydrogen-bond acceptors (Lipinski definition) is 7. The molecule has 1 aliphatic heterocycles. The fourth-order valence-corrected chi connectivity index (χ4v) is 4.50. The number of nitrogens with one attached hydrogen (secondary N) is 2. The molecule has 3 aromatic rings. The average Bonchev–Trinajstić information content (AvgIpc) is 2.84. The highest BCUT2D eigenvalue weighted by Crippen LogP contribution is 2.33. The number of para-hydroxylation sites is 2. The van der Waals surface area contributed by atoms with Gasteiger partial charge in [-0.15, -0.1) is 0 Å². The molecule has 4 rings (SSSR count). The number of benzene rings is 2. The van der Waals surface area contributed by atoms with Crippen molar-refractivity contribution in [2.24, 2.45) is 0 Å². The second-order valence-electron chi connectivity index (χ2n) is 8.07. The molecule has 0 saturated heterocycles. The van der Waals surface area contributed by atoms with Crippen LogP contribution in [-0.2, 0) is 15.3 Å². The van der Waals surface area contributed by atoms with Crippen LogP contribution in [0, 0.1) is 13.8 Å². The number of hydrogen-bond donors (Lipinski definition) is 2. The number of aromatic nitrogens is 2. The lowest BCUT2D eigenvalue weighted by atomic mass is 10.1. The molecule has 180 valence electrons. The summed E-state index contributed by atoms with van der Waals surface area (Å²) in [5.41, 5.74) is 8.65. The van der Waals surface area contributed by atoms with Gasteiger partial charge in [-0.3, -0.25) is 25.2 Å². The second-order valence-corrected chi connectivity index (χ2v) is 9.01. The van der Waals surface area contributed by atoms with Crippen molar-refractivity contribution in [1.82, 2.24) is 20.8 Å². The summed E-state index contributed by atoms with van der Waals surface area (Å²) in [5.74, 6) is -0.130. The summed E-state index contributed by atoms with van der Waals surface area (Å²) in [4.78, 5) is 47.5.